The van der Waals surface area contributed by atoms with Crippen LogP contribution < -0.4 is 10.2 Å². The molecule has 100 valence electrons. The molecule has 0 saturated carbocycles. The maximum atomic E-state index is 5.33. The van der Waals surface area contributed by atoms with Crippen molar-refractivity contribution in [2.45, 2.75) is 25.9 Å². The Morgan fingerprint density at radius 1 is 1.00 bits per heavy atom. The first-order valence-electron chi connectivity index (χ1n) is 6.99. The Hall–Kier alpha value is -1.74. The summed E-state index contributed by atoms with van der Waals surface area (Å²) in [5, 5.41) is 3.45. The minimum atomic E-state index is 0.779. The van der Waals surface area contributed by atoms with Crippen LogP contribution in [-0.4, -0.2) is 13.1 Å². The zero-order valence-corrected chi connectivity index (χ0v) is 11.1. The summed E-state index contributed by atoms with van der Waals surface area (Å²) in [7, 11) is 0. The molecule has 19 heavy (non-hydrogen) atoms. The molecule has 0 radical (unpaired) electrons. The molecule has 0 amide bonds. The molecule has 3 heteroatoms. The van der Waals surface area contributed by atoms with Crippen LogP contribution in [0.4, 0.5) is 5.69 Å². The highest BCUT2D eigenvalue weighted by molar-refractivity contribution is 5.54. The monoisotopic (exact) mass is 256 g/mol. The normalized spacial score (nSPS) is 15.1. The van der Waals surface area contributed by atoms with Crippen LogP contribution in [0.25, 0.3) is 0 Å². The van der Waals surface area contributed by atoms with E-state index in [1.807, 2.05) is 12.1 Å². The summed E-state index contributed by atoms with van der Waals surface area (Å²) in [6.07, 6.45) is 4.34. The summed E-state index contributed by atoms with van der Waals surface area (Å²) in [5.41, 5.74) is 2.75. The van der Waals surface area contributed by atoms with Gasteiger partial charge in [-0.15, -0.1) is 0 Å². The Kier molecular flexibility index (Phi) is 3.84. The van der Waals surface area contributed by atoms with E-state index < -0.39 is 0 Å². The molecule has 1 saturated heterocycles. The first-order valence-corrected chi connectivity index (χ1v) is 6.99. The number of para-hydroxylation sites is 1. The molecule has 1 aromatic carbocycles. The van der Waals surface area contributed by atoms with Gasteiger partial charge in [0.2, 0.25) is 0 Å². The fraction of sp³-hybridized carbons (Fsp3) is 0.375. The van der Waals surface area contributed by atoms with Crippen LogP contribution in [0.2, 0.25) is 0 Å². The molecule has 0 atom stereocenters. The van der Waals surface area contributed by atoms with Gasteiger partial charge in [-0.2, -0.15) is 0 Å². The number of benzene rings is 1. The number of hydrogen-bond donors (Lipinski definition) is 1. The molecular weight excluding hydrogens is 236 g/mol. The highest BCUT2D eigenvalue weighted by Crippen LogP contribution is 2.24. The summed E-state index contributed by atoms with van der Waals surface area (Å²) in [6, 6.07) is 12.6. The maximum Gasteiger partial charge on any atom is 0.117 e. The van der Waals surface area contributed by atoms with Gasteiger partial charge in [-0.1, -0.05) is 18.2 Å². The molecule has 1 aromatic heterocycles. The van der Waals surface area contributed by atoms with Crippen molar-refractivity contribution in [3.05, 3.63) is 54.0 Å². The average molecular weight is 256 g/mol. The van der Waals surface area contributed by atoms with Gasteiger partial charge >= 0.3 is 0 Å². The standard InChI is InChI=1S/C16H20N2O/c1-2-8-16(18-9-3-4-10-18)14(6-1)12-17-13-15-7-5-11-19-15/h1-2,5-8,11,17H,3-4,9-10,12-13H2. The van der Waals surface area contributed by atoms with E-state index in [4.69, 9.17) is 4.42 Å². The first kappa shape index (κ1) is 12.3. The van der Waals surface area contributed by atoms with Gasteiger partial charge in [-0.05, 0) is 36.6 Å². The number of nitrogens with one attached hydrogen (secondary N) is 1. The topological polar surface area (TPSA) is 28.4 Å². The van der Waals surface area contributed by atoms with E-state index in [0.717, 1.165) is 18.8 Å². The van der Waals surface area contributed by atoms with E-state index in [1.54, 1.807) is 6.26 Å². The molecule has 1 N–H and O–H groups in total. The predicted molar refractivity (Wildman–Crippen MR) is 77.1 cm³/mol. The highest BCUT2D eigenvalue weighted by atomic mass is 16.3. The Bertz CT molecular complexity index is 501. The second-order valence-corrected chi connectivity index (χ2v) is 5.01. The third-order valence-corrected chi connectivity index (χ3v) is 3.63. The Balaban J connectivity index is 1.63. The van der Waals surface area contributed by atoms with Gasteiger partial charge in [0.25, 0.3) is 0 Å². The summed E-state index contributed by atoms with van der Waals surface area (Å²) in [6.45, 7) is 4.04. The molecule has 1 aliphatic rings. The summed E-state index contributed by atoms with van der Waals surface area (Å²) in [4.78, 5) is 2.49. The van der Waals surface area contributed by atoms with Crippen molar-refractivity contribution >= 4 is 5.69 Å². The lowest BCUT2D eigenvalue weighted by molar-refractivity contribution is 0.483. The van der Waals surface area contributed by atoms with Crippen molar-refractivity contribution in [1.82, 2.24) is 5.32 Å². The lowest BCUT2D eigenvalue weighted by atomic mass is 10.1. The second kappa shape index (κ2) is 5.93. The van der Waals surface area contributed by atoms with Crippen molar-refractivity contribution in [3.63, 3.8) is 0 Å². The van der Waals surface area contributed by atoms with E-state index in [-0.39, 0.29) is 0 Å². The zero-order valence-electron chi connectivity index (χ0n) is 11.1. The lowest BCUT2D eigenvalue weighted by Gasteiger charge is -2.21. The van der Waals surface area contributed by atoms with Crippen LogP contribution in [-0.2, 0) is 13.1 Å². The zero-order chi connectivity index (χ0) is 12.9. The van der Waals surface area contributed by atoms with Gasteiger partial charge in [0.15, 0.2) is 0 Å². The minimum Gasteiger partial charge on any atom is -0.468 e. The van der Waals surface area contributed by atoms with Crippen LogP contribution in [0.3, 0.4) is 0 Å². The molecule has 3 rings (SSSR count). The molecule has 2 heterocycles. The predicted octanol–water partition coefficient (Wildman–Crippen LogP) is 3.17. The molecule has 0 aliphatic carbocycles. The van der Waals surface area contributed by atoms with E-state index in [1.165, 1.54) is 37.2 Å². The van der Waals surface area contributed by atoms with E-state index in [2.05, 4.69) is 34.5 Å². The van der Waals surface area contributed by atoms with E-state index in [9.17, 15) is 0 Å². The average Bonchev–Trinajstić information content (AvgIpc) is 3.12. The van der Waals surface area contributed by atoms with Crippen molar-refractivity contribution in [2.24, 2.45) is 0 Å². The number of furan rings is 1. The SMILES string of the molecule is c1coc(CNCc2ccccc2N2CCCC2)c1. The van der Waals surface area contributed by atoms with Crippen molar-refractivity contribution in [2.75, 3.05) is 18.0 Å². The summed E-state index contributed by atoms with van der Waals surface area (Å²) in [5.74, 6) is 0.985. The quantitative estimate of drug-likeness (QED) is 0.890. The summed E-state index contributed by atoms with van der Waals surface area (Å²) >= 11 is 0. The van der Waals surface area contributed by atoms with Gasteiger partial charge in [0.1, 0.15) is 5.76 Å². The molecule has 3 nitrogen and oxygen atoms in total. The number of hydrogen-bond acceptors (Lipinski definition) is 3. The fourth-order valence-electron chi connectivity index (χ4n) is 2.66. The summed E-state index contributed by atoms with van der Waals surface area (Å²) < 4.78 is 5.33. The number of rotatable bonds is 5. The lowest BCUT2D eigenvalue weighted by Crippen LogP contribution is -2.21. The van der Waals surface area contributed by atoms with Crippen molar-refractivity contribution in [1.29, 1.82) is 0 Å². The Morgan fingerprint density at radius 3 is 2.63 bits per heavy atom. The smallest absolute Gasteiger partial charge is 0.117 e. The van der Waals surface area contributed by atoms with Gasteiger partial charge in [0, 0.05) is 25.3 Å². The van der Waals surface area contributed by atoms with Gasteiger partial charge in [0.05, 0.1) is 12.8 Å². The van der Waals surface area contributed by atoms with Crippen LogP contribution in [0, 0.1) is 0 Å². The first-order chi connectivity index (χ1) is 9.43. The third-order valence-electron chi connectivity index (χ3n) is 3.63. The van der Waals surface area contributed by atoms with Gasteiger partial charge < -0.3 is 14.6 Å². The van der Waals surface area contributed by atoms with Crippen LogP contribution in [0.15, 0.2) is 47.1 Å². The molecule has 1 aliphatic heterocycles. The third kappa shape index (κ3) is 2.99. The van der Waals surface area contributed by atoms with Crippen LogP contribution >= 0.6 is 0 Å². The molecular formula is C16H20N2O. The van der Waals surface area contributed by atoms with Crippen LogP contribution in [0.5, 0.6) is 0 Å². The van der Waals surface area contributed by atoms with Gasteiger partial charge in [-0.25, -0.2) is 0 Å². The largest absolute Gasteiger partial charge is 0.468 e. The maximum absolute atomic E-state index is 5.33. The molecule has 1 fully saturated rings. The van der Waals surface area contributed by atoms with Crippen molar-refractivity contribution < 1.29 is 4.42 Å². The highest BCUT2D eigenvalue weighted by Gasteiger charge is 2.14. The van der Waals surface area contributed by atoms with Crippen LogP contribution in [0.1, 0.15) is 24.2 Å². The van der Waals surface area contributed by atoms with Gasteiger partial charge in [-0.3, -0.25) is 0 Å². The Labute approximate surface area is 114 Å². The molecule has 0 unspecified atom stereocenters. The number of nitrogens with zero attached hydrogens (tertiary/aromatic N) is 1. The molecule has 2 aromatic rings. The van der Waals surface area contributed by atoms with E-state index >= 15 is 0 Å². The molecule has 0 spiro atoms. The number of anilines is 1. The Morgan fingerprint density at radius 2 is 1.84 bits per heavy atom. The minimum absolute atomic E-state index is 0.779. The second-order valence-electron chi connectivity index (χ2n) is 5.01. The fourth-order valence-corrected chi connectivity index (χ4v) is 2.66. The molecule has 0 bridgehead atoms. The van der Waals surface area contributed by atoms with Crippen molar-refractivity contribution in [3.8, 4) is 0 Å². The van der Waals surface area contributed by atoms with E-state index in [0.29, 0.717) is 0 Å².